The van der Waals surface area contributed by atoms with E-state index in [0.29, 0.717) is 12.5 Å². The number of alkyl halides is 2. The number of hydrogen-bond donors (Lipinski definition) is 3. The topological polar surface area (TPSA) is 83.5 Å². The van der Waals surface area contributed by atoms with Crippen LogP contribution in [0.15, 0.2) is 30.5 Å². The molecule has 4 rings (SSSR count). The van der Waals surface area contributed by atoms with E-state index in [0.717, 1.165) is 12.8 Å². The highest BCUT2D eigenvalue weighted by Gasteiger charge is 2.59. The first kappa shape index (κ1) is 18.9. The lowest BCUT2D eigenvalue weighted by atomic mass is 9.78. The molecule has 2 aromatic rings. The molecule has 9 heteroatoms. The van der Waals surface area contributed by atoms with Gasteiger partial charge in [-0.25, -0.2) is 13.6 Å². The quantitative estimate of drug-likeness (QED) is 0.701. The van der Waals surface area contributed by atoms with E-state index in [9.17, 15) is 9.90 Å². The molecule has 28 heavy (non-hydrogen) atoms. The largest absolute Gasteiger partial charge is 0.488 e. The van der Waals surface area contributed by atoms with E-state index in [-0.39, 0.29) is 33.8 Å². The van der Waals surface area contributed by atoms with Crippen LogP contribution in [0.25, 0.3) is 0 Å². The minimum absolute atomic E-state index is 0.0427. The molecule has 0 radical (unpaired) electrons. The van der Waals surface area contributed by atoms with Gasteiger partial charge in [0.15, 0.2) is 5.54 Å². The summed E-state index contributed by atoms with van der Waals surface area (Å²) in [6.45, 7) is 0.316. The van der Waals surface area contributed by atoms with E-state index in [4.69, 9.17) is 16.3 Å². The van der Waals surface area contributed by atoms with Gasteiger partial charge in [0.1, 0.15) is 11.4 Å². The summed E-state index contributed by atoms with van der Waals surface area (Å²) in [5.41, 5.74) is -1.92. The summed E-state index contributed by atoms with van der Waals surface area (Å²) in [6.07, 6.45) is 2.99. The van der Waals surface area contributed by atoms with Crippen LogP contribution in [0, 0.1) is 0 Å². The first-order chi connectivity index (χ1) is 13.3. The van der Waals surface area contributed by atoms with Crippen molar-refractivity contribution in [1.82, 2.24) is 10.3 Å². The number of aromatic nitrogens is 1. The maximum atomic E-state index is 15.2. The Hall–Kier alpha value is -2.45. The summed E-state index contributed by atoms with van der Waals surface area (Å²) in [5.74, 6) is -3.28. The minimum atomic E-state index is -3.46. The van der Waals surface area contributed by atoms with Crippen molar-refractivity contribution in [3.63, 3.8) is 0 Å². The summed E-state index contributed by atoms with van der Waals surface area (Å²) in [7, 11) is 0. The van der Waals surface area contributed by atoms with Crippen LogP contribution in [0.5, 0.6) is 5.75 Å². The monoisotopic (exact) mass is 409 g/mol. The fourth-order valence-electron chi connectivity index (χ4n) is 3.42. The molecule has 1 fully saturated rings. The number of hydrogen-bond acceptors (Lipinski definition) is 4. The first-order valence-corrected chi connectivity index (χ1v) is 9.17. The molecule has 1 aliphatic heterocycles. The summed E-state index contributed by atoms with van der Waals surface area (Å²) in [6, 6.07) is 5.05. The summed E-state index contributed by atoms with van der Waals surface area (Å²) in [5, 5.41) is 14.4. The molecule has 148 valence electrons. The van der Waals surface area contributed by atoms with Gasteiger partial charge in [-0.3, -0.25) is 4.98 Å². The molecule has 0 saturated heterocycles. The average molecular weight is 410 g/mol. The molecule has 0 bridgehead atoms. The Labute approximate surface area is 164 Å². The van der Waals surface area contributed by atoms with Gasteiger partial charge < -0.3 is 20.5 Å². The highest BCUT2D eigenvalue weighted by molar-refractivity contribution is 6.31. The van der Waals surface area contributed by atoms with Gasteiger partial charge in [0.2, 0.25) is 0 Å². The van der Waals surface area contributed by atoms with Crippen molar-refractivity contribution in [2.75, 3.05) is 5.32 Å². The molecular formula is C19H18ClF2N3O3. The van der Waals surface area contributed by atoms with Crippen LogP contribution in [0.4, 0.5) is 19.3 Å². The summed E-state index contributed by atoms with van der Waals surface area (Å²) in [4.78, 5) is 16.6. The molecule has 1 aliphatic carbocycles. The SMILES string of the molecule is CC(F)(F)[C@]1(c2ncccc2OC2CC2)NC(=O)Nc2cc(CO)c(Cl)cc21. The molecule has 3 N–H and O–H groups in total. The Kier molecular flexibility index (Phi) is 4.43. The van der Waals surface area contributed by atoms with Gasteiger partial charge >= 0.3 is 6.03 Å². The van der Waals surface area contributed by atoms with Gasteiger partial charge in [0.25, 0.3) is 5.92 Å². The van der Waals surface area contributed by atoms with Crippen molar-refractivity contribution in [2.45, 2.75) is 43.9 Å². The fourth-order valence-corrected chi connectivity index (χ4v) is 3.64. The number of anilines is 1. The lowest BCUT2D eigenvalue weighted by molar-refractivity contribution is -0.0568. The first-order valence-electron chi connectivity index (χ1n) is 8.79. The van der Waals surface area contributed by atoms with Crippen molar-refractivity contribution in [1.29, 1.82) is 0 Å². The second kappa shape index (κ2) is 6.56. The maximum Gasteiger partial charge on any atom is 0.320 e. The minimum Gasteiger partial charge on any atom is -0.488 e. The van der Waals surface area contributed by atoms with E-state index >= 15 is 8.78 Å². The Morgan fingerprint density at radius 1 is 1.43 bits per heavy atom. The number of pyridine rings is 1. The molecule has 1 aromatic heterocycles. The fraction of sp³-hybridized carbons (Fsp3) is 0.368. The molecule has 1 aromatic carbocycles. The van der Waals surface area contributed by atoms with Gasteiger partial charge in [-0.15, -0.1) is 0 Å². The lowest BCUT2D eigenvalue weighted by Crippen LogP contribution is -2.61. The highest BCUT2D eigenvalue weighted by atomic mass is 35.5. The number of halogens is 3. The summed E-state index contributed by atoms with van der Waals surface area (Å²) >= 11 is 6.20. The summed E-state index contributed by atoms with van der Waals surface area (Å²) < 4.78 is 36.2. The number of amides is 2. The van der Waals surface area contributed by atoms with E-state index in [1.165, 1.54) is 18.3 Å². The van der Waals surface area contributed by atoms with Crippen LogP contribution in [0.3, 0.4) is 0 Å². The van der Waals surface area contributed by atoms with Crippen LogP contribution >= 0.6 is 11.6 Å². The zero-order chi connectivity index (χ0) is 20.1. The number of nitrogens with zero attached hydrogens (tertiary/aromatic N) is 1. The van der Waals surface area contributed by atoms with Crippen molar-refractivity contribution >= 4 is 23.3 Å². The molecule has 0 spiro atoms. The third-order valence-electron chi connectivity index (χ3n) is 4.91. The standard InChI is InChI=1S/C19H18ClF2N3O3/c1-18(21,22)19(16-15(3-2-6-23-16)28-11-4-5-11)12-8-13(20)10(9-26)7-14(12)24-17(27)25-19/h2-3,6-8,11,26H,4-5,9H2,1H3,(H2,24,25,27)/t19-/m0/s1. The van der Waals surface area contributed by atoms with Gasteiger partial charge in [-0.1, -0.05) is 11.6 Å². The molecule has 1 atom stereocenters. The number of aliphatic hydroxyl groups is 1. The Bertz CT molecular complexity index is 947. The second-order valence-electron chi connectivity index (χ2n) is 7.03. The van der Waals surface area contributed by atoms with E-state index in [1.54, 1.807) is 12.1 Å². The normalized spacial score (nSPS) is 21.5. The number of benzene rings is 1. The smallest absolute Gasteiger partial charge is 0.320 e. The van der Waals surface area contributed by atoms with E-state index < -0.39 is 24.1 Å². The molecule has 0 unspecified atom stereocenters. The van der Waals surface area contributed by atoms with Crippen molar-refractivity contribution in [3.8, 4) is 5.75 Å². The van der Waals surface area contributed by atoms with Gasteiger partial charge in [0.05, 0.1) is 12.7 Å². The zero-order valence-electron chi connectivity index (χ0n) is 14.9. The number of fused-ring (bicyclic) bond motifs is 1. The van der Waals surface area contributed by atoms with Crippen LogP contribution in [-0.4, -0.2) is 28.1 Å². The molecule has 6 nitrogen and oxygen atoms in total. The van der Waals surface area contributed by atoms with E-state index in [1.807, 2.05) is 0 Å². The zero-order valence-corrected chi connectivity index (χ0v) is 15.7. The number of ether oxygens (including phenoxy) is 1. The molecule has 2 aliphatic rings. The van der Waals surface area contributed by atoms with Crippen molar-refractivity contribution in [3.05, 3.63) is 52.3 Å². The Morgan fingerprint density at radius 2 is 2.18 bits per heavy atom. The van der Waals surface area contributed by atoms with Crippen molar-refractivity contribution in [2.24, 2.45) is 0 Å². The van der Waals surface area contributed by atoms with Crippen LogP contribution in [-0.2, 0) is 12.1 Å². The number of aliphatic hydroxyl groups excluding tert-OH is 1. The van der Waals surface area contributed by atoms with Gasteiger partial charge in [-0.2, -0.15) is 0 Å². The lowest BCUT2D eigenvalue weighted by Gasteiger charge is -2.43. The number of carbonyl (C=O) groups is 1. The number of rotatable bonds is 5. The number of carbonyl (C=O) groups excluding carboxylic acids is 1. The van der Waals surface area contributed by atoms with E-state index in [2.05, 4.69) is 15.6 Å². The second-order valence-corrected chi connectivity index (χ2v) is 7.44. The number of nitrogens with one attached hydrogen (secondary N) is 2. The van der Waals surface area contributed by atoms with Crippen LogP contribution < -0.4 is 15.4 Å². The Balaban J connectivity index is 2.00. The van der Waals surface area contributed by atoms with Crippen LogP contribution in [0.2, 0.25) is 5.02 Å². The highest BCUT2D eigenvalue weighted by Crippen LogP contribution is 2.50. The third kappa shape index (κ3) is 2.97. The average Bonchev–Trinajstić information content (AvgIpc) is 3.44. The molecule has 1 saturated carbocycles. The van der Waals surface area contributed by atoms with Gasteiger partial charge in [-0.05, 0) is 42.7 Å². The molecular weight excluding hydrogens is 392 g/mol. The number of urea groups is 1. The van der Waals surface area contributed by atoms with Gasteiger partial charge in [0, 0.05) is 29.4 Å². The third-order valence-corrected chi connectivity index (χ3v) is 5.26. The maximum absolute atomic E-state index is 15.2. The molecule has 2 amide bonds. The predicted octanol–water partition coefficient (Wildman–Crippen LogP) is 3.80. The Morgan fingerprint density at radius 3 is 2.82 bits per heavy atom. The molecule has 2 heterocycles. The predicted molar refractivity (Wildman–Crippen MR) is 98.8 cm³/mol. The van der Waals surface area contributed by atoms with Crippen molar-refractivity contribution < 1.29 is 23.4 Å². The van der Waals surface area contributed by atoms with Crippen LogP contribution in [0.1, 0.15) is 36.6 Å².